The maximum absolute atomic E-state index is 9.49. The van der Waals surface area contributed by atoms with Crippen LogP contribution in [0.4, 0.5) is 5.95 Å². The number of allylic oxidation sites excluding steroid dienone is 1. The summed E-state index contributed by atoms with van der Waals surface area (Å²) in [6, 6.07) is 10.1. The number of anilines is 1. The Labute approximate surface area is 143 Å². The molecule has 0 N–H and O–H groups in total. The van der Waals surface area contributed by atoms with Crippen LogP contribution in [0.2, 0.25) is 0 Å². The van der Waals surface area contributed by atoms with Crippen LogP contribution in [0.1, 0.15) is 23.4 Å². The van der Waals surface area contributed by atoms with E-state index in [-0.39, 0.29) is 0 Å². The molecule has 1 aliphatic heterocycles. The molecule has 6 heteroatoms. The highest BCUT2D eigenvalue weighted by atomic mass is 32.1. The Morgan fingerprint density at radius 1 is 1.17 bits per heavy atom. The average Bonchev–Trinajstić information content (AvgIpc) is 3.29. The zero-order chi connectivity index (χ0) is 16.4. The van der Waals surface area contributed by atoms with Crippen molar-refractivity contribution in [2.24, 2.45) is 0 Å². The third-order valence-corrected chi connectivity index (χ3v) is 5.07. The molecule has 1 aromatic carbocycles. The van der Waals surface area contributed by atoms with E-state index in [0.717, 1.165) is 39.8 Å². The van der Waals surface area contributed by atoms with Crippen LogP contribution in [-0.2, 0) is 0 Å². The fourth-order valence-electron chi connectivity index (χ4n) is 2.78. The summed E-state index contributed by atoms with van der Waals surface area (Å²) in [5.74, 6) is 0.767. The number of hydrogen-bond donors (Lipinski definition) is 0. The molecule has 0 atom stereocenters. The van der Waals surface area contributed by atoms with Crippen LogP contribution in [0.15, 0.2) is 36.7 Å². The summed E-state index contributed by atoms with van der Waals surface area (Å²) in [7, 11) is 0. The fourth-order valence-corrected chi connectivity index (χ4v) is 3.71. The fraction of sp³-hybridized carbons (Fsp3) is 0.222. The lowest BCUT2D eigenvalue weighted by Gasteiger charge is -2.14. The van der Waals surface area contributed by atoms with Gasteiger partial charge >= 0.3 is 0 Å². The van der Waals surface area contributed by atoms with Gasteiger partial charge in [-0.15, -0.1) is 11.3 Å². The molecule has 3 aromatic rings. The van der Waals surface area contributed by atoms with Gasteiger partial charge in [-0.05, 0) is 31.1 Å². The largest absolute Gasteiger partial charge is 0.341 e. The smallest absolute Gasteiger partial charge is 0.225 e. The predicted octanol–water partition coefficient (Wildman–Crippen LogP) is 3.75. The number of aromatic nitrogens is 3. The van der Waals surface area contributed by atoms with E-state index < -0.39 is 0 Å². The minimum Gasteiger partial charge on any atom is -0.341 e. The van der Waals surface area contributed by atoms with E-state index in [2.05, 4.69) is 25.9 Å². The minimum absolute atomic E-state index is 0.536. The van der Waals surface area contributed by atoms with Crippen LogP contribution in [0.3, 0.4) is 0 Å². The van der Waals surface area contributed by atoms with Gasteiger partial charge in [0, 0.05) is 31.0 Å². The summed E-state index contributed by atoms with van der Waals surface area (Å²) in [5.41, 5.74) is 2.27. The number of fused-ring (bicyclic) bond motifs is 1. The maximum atomic E-state index is 9.49. The number of nitrogens with zero attached hydrogens (tertiary/aromatic N) is 5. The van der Waals surface area contributed by atoms with Crippen LogP contribution in [0, 0.1) is 11.3 Å². The first-order chi connectivity index (χ1) is 11.8. The highest BCUT2D eigenvalue weighted by molar-refractivity contribution is 7.19. The standard InChI is InChI=1S/C18H15N5S/c19-10-14(17-22-15-5-1-2-6-16(15)24-17)9-13-11-20-18(21-12-13)23-7-3-4-8-23/h1-2,5-6,9,11-12H,3-4,7-8H2. The molecule has 5 nitrogen and oxygen atoms in total. The van der Waals surface area contributed by atoms with Gasteiger partial charge in [0.05, 0.1) is 15.8 Å². The molecule has 0 radical (unpaired) electrons. The van der Waals surface area contributed by atoms with E-state index in [1.807, 2.05) is 24.3 Å². The summed E-state index contributed by atoms with van der Waals surface area (Å²) in [5, 5.41) is 10.2. The molecule has 118 valence electrons. The van der Waals surface area contributed by atoms with Gasteiger partial charge in [-0.1, -0.05) is 12.1 Å². The monoisotopic (exact) mass is 333 g/mol. The molecule has 3 heterocycles. The van der Waals surface area contributed by atoms with E-state index in [1.165, 1.54) is 24.2 Å². The van der Waals surface area contributed by atoms with Crippen LogP contribution in [0.5, 0.6) is 0 Å². The van der Waals surface area contributed by atoms with Gasteiger partial charge in [0.25, 0.3) is 0 Å². The summed E-state index contributed by atoms with van der Waals surface area (Å²) < 4.78 is 1.08. The van der Waals surface area contributed by atoms with Crippen LogP contribution in [0.25, 0.3) is 21.9 Å². The van der Waals surface area contributed by atoms with Crippen molar-refractivity contribution in [2.45, 2.75) is 12.8 Å². The lowest BCUT2D eigenvalue weighted by atomic mass is 10.2. The van der Waals surface area contributed by atoms with E-state index in [9.17, 15) is 5.26 Å². The molecule has 2 aromatic heterocycles. The van der Waals surface area contributed by atoms with Crippen molar-refractivity contribution >= 4 is 39.2 Å². The minimum atomic E-state index is 0.536. The molecular weight excluding hydrogens is 318 g/mol. The Hall–Kier alpha value is -2.78. The molecule has 1 fully saturated rings. The third-order valence-electron chi connectivity index (χ3n) is 4.00. The first-order valence-corrected chi connectivity index (χ1v) is 8.70. The molecule has 0 unspecified atom stereocenters. The van der Waals surface area contributed by atoms with Crippen LogP contribution < -0.4 is 4.90 Å². The Balaban J connectivity index is 1.63. The lowest BCUT2D eigenvalue weighted by molar-refractivity contribution is 0.897. The predicted molar refractivity (Wildman–Crippen MR) is 96.6 cm³/mol. The highest BCUT2D eigenvalue weighted by Gasteiger charge is 2.14. The molecule has 0 bridgehead atoms. The van der Waals surface area contributed by atoms with E-state index in [4.69, 9.17) is 0 Å². The molecule has 0 aliphatic carbocycles. The molecule has 0 saturated carbocycles. The Morgan fingerprint density at radius 2 is 1.92 bits per heavy atom. The van der Waals surface area contributed by atoms with Crippen LogP contribution in [-0.4, -0.2) is 28.0 Å². The highest BCUT2D eigenvalue weighted by Crippen LogP contribution is 2.28. The molecule has 24 heavy (non-hydrogen) atoms. The zero-order valence-electron chi connectivity index (χ0n) is 13.0. The summed E-state index contributed by atoms with van der Waals surface area (Å²) in [6.07, 6.45) is 7.73. The SMILES string of the molecule is N#CC(=Cc1cnc(N2CCCC2)nc1)c1nc2ccccc2s1. The Bertz CT molecular complexity index is 897. The second kappa shape index (κ2) is 6.38. The first kappa shape index (κ1) is 14.8. The second-order valence-electron chi connectivity index (χ2n) is 5.67. The van der Waals surface area contributed by atoms with Gasteiger partial charge in [-0.3, -0.25) is 0 Å². The van der Waals surface area contributed by atoms with Crippen molar-refractivity contribution in [1.29, 1.82) is 5.26 Å². The van der Waals surface area contributed by atoms with Gasteiger partial charge in [0.1, 0.15) is 11.1 Å². The number of para-hydroxylation sites is 1. The van der Waals surface area contributed by atoms with E-state index >= 15 is 0 Å². The Kier molecular flexibility index (Phi) is 3.93. The Morgan fingerprint density at radius 3 is 2.62 bits per heavy atom. The van der Waals surface area contributed by atoms with Gasteiger partial charge < -0.3 is 4.90 Å². The number of rotatable bonds is 3. The van der Waals surface area contributed by atoms with Crippen molar-refractivity contribution in [3.63, 3.8) is 0 Å². The lowest BCUT2D eigenvalue weighted by Crippen LogP contribution is -2.20. The number of thiazole rings is 1. The van der Waals surface area contributed by atoms with Gasteiger partial charge in [0.2, 0.25) is 5.95 Å². The number of nitriles is 1. The van der Waals surface area contributed by atoms with Crippen molar-refractivity contribution in [1.82, 2.24) is 15.0 Å². The maximum Gasteiger partial charge on any atom is 0.225 e. The normalized spacial score (nSPS) is 15.0. The van der Waals surface area contributed by atoms with Crippen molar-refractivity contribution in [2.75, 3.05) is 18.0 Å². The average molecular weight is 333 g/mol. The molecule has 1 aliphatic rings. The van der Waals surface area contributed by atoms with E-state index in [1.54, 1.807) is 18.5 Å². The van der Waals surface area contributed by atoms with Gasteiger partial charge in [-0.25, -0.2) is 15.0 Å². The number of benzene rings is 1. The molecule has 1 saturated heterocycles. The summed E-state index contributed by atoms with van der Waals surface area (Å²) in [4.78, 5) is 15.6. The van der Waals surface area contributed by atoms with Gasteiger partial charge in [-0.2, -0.15) is 5.26 Å². The van der Waals surface area contributed by atoms with E-state index in [0.29, 0.717) is 5.57 Å². The molecule has 0 spiro atoms. The molecular formula is C18H15N5S. The van der Waals surface area contributed by atoms with Crippen molar-refractivity contribution in [3.05, 3.63) is 47.2 Å². The second-order valence-corrected chi connectivity index (χ2v) is 6.70. The van der Waals surface area contributed by atoms with Crippen LogP contribution >= 0.6 is 11.3 Å². The summed E-state index contributed by atoms with van der Waals surface area (Å²) >= 11 is 1.52. The third kappa shape index (κ3) is 2.86. The molecule has 4 rings (SSSR count). The topological polar surface area (TPSA) is 65.7 Å². The first-order valence-electron chi connectivity index (χ1n) is 7.88. The van der Waals surface area contributed by atoms with Crippen molar-refractivity contribution in [3.8, 4) is 6.07 Å². The van der Waals surface area contributed by atoms with Crippen molar-refractivity contribution < 1.29 is 0 Å². The quantitative estimate of drug-likeness (QED) is 0.683. The summed E-state index contributed by atoms with van der Waals surface area (Å²) in [6.45, 7) is 2.04. The van der Waals surface area contributed by atoms with Gasteiger partial charge in [0.15, 0.2) is 0 Å². The molecule has 0 amide bonds. The number of hydrogen-bond acceptors (Lipinski definition) is 6. The zero-order valence-corrected chi connectivity index (χ0v) is 13.8.